The zero-order valence-corrected chi connectivity index (χ0v) is 8.94. The van der Waals surface area contributed by atoms with E-state index >= 15 is 0 Å². The van der Waals surface area contributed by atoms with E-state index in [1.807, 2.05) is 0 Å². The molecular weight excluding hydrogens is 172 g/mol. The minimum absolute atomic E-state index is 0.226. The molecule has 2 unspecified atom stereocenters. The van der Waals surface area contributed by atoms with Gasteiger partial charge in [-0.25, -0.2) is 4.58 Å². The molecule has 0 aromatic carbocycles. The van der Waals surface area contributed by atoms with E-state index < -0.39 is 0 Å². The second-order valence-corrected chi connectivity index (χ2v) is 3.89. The maximum Gasteiger partial charge on any atom is 0.308 e. The van der Waals surface area contributed by atoms with E-state index in [-0.39, 0.29) is 6.23 Å². The molecule has 2 atom stereocenters. The van der Waals surface area contributed by atoms with Crippen LogP contribution in [0.15, 0.2) is 0 Å². The second-order valence-electron chi connectivity index (χ2n) is 3.09. The highest BCUT2D eigenvalue weighted by Crippen LogP contribution is 2.11. The van der Waals surface area contributed by atoms with Gasteiger partial charge in [-0.15, -0.1) is 0 Å². The van der Waals surface area contributed by atoms with Gasteiger partial charge in [0.05, 0.1) is 19.5 Å². The fourth-order valence-electron chi connectivity index (χ4n) is 1.42. The first-order valence-electron chi connectivity index (χ1n) is 4.12. The van der Waals surface area contributed by atoms with E-state index in [2.05, 4.69) is 30.1 Å². The molecule has 0 bridgehead atoms. The van der Waals surface area contributed by atoms with Crippen LogP contribution in [0.3, 0.4) is 0 Å². The van der Waals surface area contributed by atoms with E-state index in [4.69, 9.17) is 4.74 Å². The van der Waals surface area contributed by atoms with Crippen LogP contribution in [0.4, 0.5) is 0 Å². The maximum atomic E-state index is 5.36. The fraction of sp³-hybridized carbons (Fsp3) is 0.875. The maximum absolute atomic E-state index is 5.36. The van der Waals surface area contributed by atoms with E-state index in [1.54, 1.807) is 18.9 Å². The SMILES string of the molecule is COC1CC(C)NC(SC)=[N+]1C. The minimum Gasteiger partial charge on any atom is -0.343 e. The predicted molar refractivity (Wildman–Crippen MR) is 52.7 cm³/mol. The lowest BCUT2D eigenvalue weighted by Crippen LogP contribution is -2.48. The Morgan fingerprint density at radius 2 is 2.33 bits per heavy atom. The lowest BCUT2D eigenvalue weighted by atomic mass is 10.2. The zero-order chi connectivity index (χ0) is 9.14. The number of rotatable bonds is 1. The number of hydrogen-bond donors (Lipinski definition) is 1. The number of hydrogen-bond acceptors (Lipinski definition) is 3. The van der Waals surface area contributed by atoms with Crippen LogP contribution in [0.2, 0.25) is 0 Å². The molecule has 3 nitrogen and oxygen atoms in total. The highest BCUT2D eigenvalue weighted by molar-refractivity contribution is 8.13. The lowest BCUT2D eigenvalue weighted by Gasteiger charge is -2.25. The molecule has 1 rings (SSSR count). The normalized spacial score (nSPS) is 30.3. The van der Waals surface area contributed by atoms with Crippen molar-refractivity contribution in [1.82, 2.24) is 5.32 Å². The number of nitrogens with zero attached hydrogens (tertiary/aromatic N) is 1. The van der Waals surface area contributed by atoms with E-state index in [9.17, 15) is 0 Å². The van der Waals surface area contributed by atoms with E-state index in [0.717, 1.165) is 6.42 Å². The van der Waals surface area contributed by atoms with Crippen LogP contribution in [0.5, 0.6) is 0 Å². The molecule has 4 heteroatoms. The van der Waals surface area contributed by atoms with Crippen molar-refractivity contribution < 1.29 is 9.31 Å². The fourth-order valence-corrected chi connectivity index (χ4v) is 2.14. The van der Waals surface area contributed by atoms with Crippen molar-refractivity contribution in [2.45, 2.75) is 25.6 Å². The number of ether oxygens (including phenoxy) is 1. The third kappa shape index (κ3) is 1.93. The summed E-state index contributed by atoms with van der Waals surface area (Å²) in [7, 11) is 3.82. The Bertz CT molecular complexity index is 193. The largest absolute Gasteiger partial charge is 0.343 e. The van der Waals surface area contributed by atoms with Gasteiger partial charge in [0.1, 0.15) is 0 Å². The standard InChI is InChI=1S/C8H16N2OS/c1-6-5-7(11-3)10(2)8(9-6)12-4/h6-7H,5H2,1-4H3/p+1. The van der Waals surface area contributed by atoms with Gasteiger partial charge < -0.3 is 4.74 Å². The highest BCUT2D eigenvalue weighted by Gasteiger charge is 2.29. The lowest BCUT2D eigenvalue weighted by molar-refractivity contribution is -0.592. The molecule has 70 valence electrons. The Morgan fingerprint density at radius 3 is 2.83 bits per heavy atom. The van der Waals surface area contributed by atoms with Crippen LogP contribution in [0, 0.1) is 0 Å². The van der Waals surface area contributed by atoms with Crippen LogP contribution in [0.1, 0.15) is 13.3 Å². The minimum atomic E-state index is 0.226. The molecule has 0 aromatic heterocycles. The smallest absolute Gasteiger partial charge is 0.308 e. The summed E-state index contributed by atoms with van der Waals surface area (Å²) < 4.78 is 7.50. The van der Waals surface area contributed by atoms with Crippen LogP contribution >= 0.6 is 11.8 Å². The molecule has 12 heavy (non-hydrogen) atoms. The summed E-state index contributed by atoms with van der Waals surface area (Å²) in [6.07, 6.45) is 3.34. The molecule has 1 N–H and O–H groups in total. The number of methoxy groups -OCH3 is 1. The van der Waals surface area contributed by atoms with Gasteiger partial charge in [-0.2, -0.15) is 0 Å². The quantitative estimate of drug-likeness (QED) is 0.615. The first kappa shape index (κ1) is 9.86. The van der Waals surface area contributed by atoms with Crippen molar-refractivity contribution in [1.29, 1.82) is 0 Å². The Hall–Kier alpha value is -0.220. The molecule has 0 saturated heterocycles. The van der Waals surface area contributed by atoms with Gasteiger partial charge >= 0.3 is 5.17 Å². The summed E-state index contributed by atoms with van der Waals surface area (Å²) in [5.41, 5.74) is 0. The first-order chi connectivity index (χ1) is 5.69. The Morgan fingerprint density at radius 1 is 1.67 bits per heavy atom. The number of amidine groups is 1. The molecule has 0 amide bonds. The molecule has 0 radical (unpaired) electrons. The Kier molecular flexibility index (Phi) is 3.40. The first-order valence-corrected chi connectivity index (χ1v) is 5.34. The van der Waals surface area contributed by atoms with Crippen LogP contribution in [0.25, 0.3) is 0 Å². The Labute approximate surface area is 78.2 Å². The number of thioether (sulfide) groups is 1. The van der Waals surface area contributed by atoms with E-state index in [1.165, 1.54) is 5.17 Å². The summed E-state index contributed by atoms with van der Waals surface area (Å²) in [6.45, 7) is 2.18. The van der Waals surface area contributed by atoms with Gasteiger partial charge in [0.15, 0.2) is 0 Å². The van der Waals surface area contributed by atoms with Crippen molar-refractivity contribution in [3.8, 4) is 0 Å². The van der Waals surface area contributed by atoms with Crippen LogP contribution < -0.4 is 5.32 Å². The van der Waals surface area contributed by atoms with Gasteiger partial charge in [-0.1, -0.05) is 0 Å². The number of nitrogens with one attached hydrogen (secondary N) is 1. The summed E-state index contributed by atoms with van der Waals surface area (Å²) in [5.74, 6) is 0. The average molecular weight is 189 g/mol. The highest BCUT2D eigenvalue weighted by atomic mass is 32.2. The predicted octanol–water partition coefficient (Wildman–Crippen LogP) is 0.702. The molecule has 1 aliphatic rings. The van der Waals surface area contributed by atoms with Crippen molar-refractivity contribution in [2.75, 3.05) is 20.4 Å². The zero-order valence-electron chi connectivity index (χ0n) is 8.13. The third-order valence-electron chi connectivity index (χ3n) is 2.14. The van der Waals surface area contributed by atoms with Crippen LogP contribution in [-0.4, -0.2) is 42.4 Å². The van der Waals surface area contributed by atoms with Gasteiger partial charge in [0.25, 0.3) is 0 Å². The van der Waals surface area contributed by atoms with Gasteiger partial charge in [0, 0.05) is 7.11 Å². The molecule has 1 heterocycles. The van der Waals surface area contributed by atoms with Crippen LogP contribution in [-0.2, 0) is 4.74 Å². The van der Waals surface area contributed by atoms with Gasteiger partial charge in [0.2, 0.25) is 6.23 Å². The Balaban J connectivity index is 2.78. The summed E-state index contributed by atoms with van der Waals surface area (Å²) in [4.78, 5) is 0. The molecule has 0 saturated carbocycles. The van der Waals surface area contributed by atoms with Crippen molar-refractivity contribution >= 4 is 16.9 Å². The van der Waals surface area contributed by atoms with E-state index in [0.29, 0.717) is 6.04 Å². The van der Waals surface area contributed by atoms with Gasteiger partial charge in [-0.3, -0.25) is 5.32 Å². The molecule has 0 fully saturated rings. The van der Waals surface area contributed by atoms with Crippen molar-refractivity contribution in [3.05, 3.63) is 0 Å². The monoisotopic (exact) mass is 189 g/mol. The summed E-state index contributed by atoms with van der Waals surface area (Å²) in [5, 5.41) is 4.60. The summed E-state index contributed by atoms with van der Waals surface area (Å²) >= 11 is 1.73. The van der Waals surface area contributed by atoms with Crippen molar-refractivity contribution in [3.63, 3.8) is 0 Å². The summed E-state index contributed by atoms with van der Waals surface area (Å²) in [6, 6.07) is 0.508. The second kappa shape index (κ2) is 4.14. The average Bonchev–Trinajstić information content (AvgIpc) is 2.08. The van der Waals surface area contributed by atoms with Crippen molar-refractivity contribution in [2.24, 2.45) is 0 Å². The molecule has 0 aliphatic carbocycles. The third-order valence-corrected chi connectivity index (χ3v) is 2.94. The molecular formula is C8H17N2OS+. The molecule has 1 aliphatic heterocycles. The topological polar surface area (TPSA) is 24.3 Å². The van der Waals surface area contributed by atoms with Gasteiger partial charge in [-0.05, 0) is 24.9 Å². The molecule has 0 spiro atoms. The molecule has 0 aromatic rings.